The lowest BCUT2D eigenvalue weighted by atomic mass is 10.1. The molecule has 0 fully saturated rings. The van der Waals surface area contributed by atoms with E-state index in [-0.39, 0.29) is 11.9 Å². The first-order valence-electron chi connectivity index (χ1n) is 10.6. The van der Waals surface area contributed by atoms with Crippen molar-refractivity contribution in [2.75, 3.05) is 5.32 Å². The summed E-state index contributed by atoms with van der Waals surface area (Å²) in [5, 5.41) is 12.2. The fourth-order valence-corrected chi connectivity index (χ4v) is 3.64. The zero-order chi connectivity index (χ0) is 22.6. The Morgan fingerprint density at radius 1 is 0.848 bits per heavy atom. The lowest BCUT2D eigenvalue weighted by Crippen LogP contribution is -2.10. The highest BCUT2D eigenvalue weighted by atomic mass is 19.1. The highest BCUT2D eigenvalue weighted by Gasteiger charge is 2.20. The summed E-state index contributed by atoms with van der Waals surface area (Å²) in [6, 6.07) is 27.9. The van der Waals surface area contributed by atoms with Gasteiger partial charge in [0.25, 0.3) is 0 Å². The van der Waals surface area contributed by atoms with E-state index in [9.17, 15) is 4.39 Å². The van der Waals surface area contributed by atoms with E-state index in [1.165, 1.54) is 12.1 Å². The number of halogens is 1. The normalized spacial score (nSPS) is 11.8. The molecular weight excluding hydrogens is 415 g/mol. The van der Waals surface area contributed by atoms with Gasteiger partial charge in [-0.05, 0) is 55.0 Å². The van der Waals surface area contributed by atoms with E-state index in [4.69, 9.17) is 4.98 Å². The molecule has 2 aromatic heterocycles. The molecule has 0 saturated carbocycles. The summed E-state index contributed by atoms with van der Waals surface area (Å²) >= 11 is 0. The summed E-state index contributed by atoms with van der Waals surface area (Å²) in [5.41, 5.74) is 4.69. The quantitative estimate of drug-likeness (QED) is 0.370. The Balaban J connectivity index is 1.58. The van der Waals surface area contributed by atoms with Crippen molar-refractivity contribution >= 4 is 5.95 Å². The zero-order valence-corrected chi connectivity index (χ0v) is 17.9. The van der Waals surface area contributed by atoms with Gasteiger partial charge in [-0.25, -0.2) is 19.0 Å². The van der Waals surface area contributed by atoms with Crippen molar-refractivity contribution in [2.45, 2.75) is 13.0 Å². The number of nitrogens with zero attached hydrogens (tertiary/aromatic N) is 5. The van der Waals surface area contributed by atoms with Gasteiger partial charge >= 0.3 is 0 Å². The number of benzene rings is 3. The molecule has 0 spiro atoms. The molecule has 162 valence electrons. The first kappa shape index (κ1) is 20.5. The van der Waals surface area contributed by atoms with Crippen LogP contribution in [0.3, 0.4) is 0 Å². The molecule has 3 aromatic carbocycles. The van der Waals surface area contributed by atoms with Gasteiger partial charge < -0.3 is 5.32 Å². The highest BCUT2D eigenvalue weighted by Crippen LogP contribution is 2.31. The summed E-state index contributed by atoms with van der Waals surface area (Å²) < 4.78 is 15.3. The summed E-state index contributed by atoms with van der Waals surface area (Å²) in [5.74, 6) is 0.189. The Morgan fingerprint density at radius 2 is 1.55 bits per heavy atom. The second-order valence-electron chi connectivity index (χ2n) is 7.58. The minimum absolute atomic E-state index is 0.0233. The van der Waals surface area contributed by atoms with Crippen molar-refractivity contribution in [1.29, 1.82) is 0 Å². The number of para-hydroxylation sites is 1. The number of nitrogens with one attached hydrogen (secondary N) is 1. The van der Waals surface area contributed by atoms with Crippen molar-refractivity contribution in [2.24, 2.45) is 0 Å². The minimum atomic E-state index is -0.306. The molecule has 7 heteroatoms. The van der Waals surface area contributed by atoms with Gasteiger partial charge in [0.1, 0.15) is 17.2 Å². The third kappa shape index (κ3) is 4.34. The van der Waals surface area contributed by atoms with Crippen molar-refractivity contribution in [3.8, 4) is 28.3 Å². The van der Waals surface area contributed by atoms with E-state index < -0.39 is 0 Å². The van der Waals surface area contributed by atoms with E-state index in [0.717, 1.165) is 16.8 Å². The molecular formula is C26H21FN6. The maximum atomic E-state index is 13.5. The van der Waals surface area contributed by atoms with Gasteiger partial charge in [0.2, 0.25) is 5.95 Å². The Labute approximate surface area is 190 Å². The van der Waals surface area contributed by atoms with Gasteiger partial charge in [-0.2, -0.15) is 0 Å². The Bertz CT molecular complexity index is 1350. The van der Waals surface area contributed by atoms with E-state index in [0.29, 0.717) is 23.0 Å². The molecule has 0 bridgehead atoms. The standard InChI is InChI=1S/C26H21FN6/c1-18(19-8-4-2-5-9-19)29-26-28-17-16-23(30-26)25-24(20-12-14-21(27)15-13-20)31-32-33(25)22-10-6-3-7-11-22/h2-18H,1H3,(H,28,29,30)/t18-/m0/s1. The molecule has 0 saturated heterocycles. The number of hydrogen-bond donors (Lipinski definition) is 1. The van der Waals surface area contributed by atoms with Crippen molar-refractivity contribution in [1.82, 2.24) is 25.0 Å². The average molecular weight is 436 g/mol. The van der Waals surface area contributed by atoms with Crippen molar-refractivity contribution in [3.63, 3.8) is 0 Å². The van der Waals surface area contributed by atoms with Crippen LogP contribution in [0, 0.1) is 5.82 Å². The van der Waals surface area contributed by atoms with E-state index >= 15 is 0 Å². The maximum absolute atomic E-state index is 13.5. The molecule has 0 aliphatic heterocycles. The number of anilines is 1. The molecule has 0 amide bonds. The largest absolute Gasteiger partial charge is 0.348 e. The van der Waals surface area contributed by atoms with Crippen LogP contribution in [-0.2, 0) is 0 Å². The van der Waals surface area contributed by atoms with Crippen LogP contribution < -0.4 is 5.32 Å². The monoisotopic (exact) mass is 436 g/mol. The fraction of sp³-hybridized carbons (Fsp3) is 0.0769. The third-order valence-corrected chi connectivity index (χ3v) is 5.33. The Hall–Kier alpha value is -4.39. The van der Waals surface area contributed by atoms with Gasteiger partial charge in [-0.3, -0.25) is 0 Å². The molecule has 1 atom stereocenters. The third-order valence-electron chi connectivity index (χ3n) is 5.33. The summed E-state index contributed by atoms with van der Waals surface area (Å²) in [6.45, 7) is 2.06. The van der Waals surface area contributed by atoms with Gasteiger partial charge in [0.05, 0.1) is 17.4 Å². The SMILES string of the molecule is C[C@H](Nc1nccc(-c2c(-c3ccc(F)cc3)nnn2-c2ccccc2)n1)c1ccccc1. The van der Waals surface area contributed by atoms with Gasteiger partial charge in [0.15, 0.2) is 0 Å². The first-order chi connectivity index (χ1) is 16.2. The van der Waals surface area contributed by atoms with Gasteiger partial charge in [-0.1, -0.05) is 53.7 Å². The fourth-order valence-electron chi connectivity index (χ4n) is 3.64. The van der Waals surface area contributed by atoms with E-state index in [2.05, 4.69) is 39.7 Å². The molecule has 0 unspecified atom stereocenters. The molecule has 5 aromatic rings. The van der Waals surface area contributed by atoms with Crippen molar-refractivity contribution < 1.29 is 4.39 Å². The average Bonchev–Trinajstić information content (AvgIpc) is 3.31. The second-order valence-corrected chi connectivity index (χ2v) is 7.58. The molecule has 2 heterocycles. The maximum Gasteiger partial charge on any atom is 0.223 e. The zero-order valence-electron chi connectivity index (χ0n) is 17.9. The lowest BCUT2D eigenvalue weighted by molar-refractivity contribution is 0.628. The van der Waals surface area contributed by atoms with Crippen LogP contribution >= 0.6 is 0 Å². The summed E-state index contributed by atoms with van der Waals surface area (Å²) in [6.07, 6.45) is 1.71. The first-order valence-corrected chi connectivity index (χ1v) is 10.6. The van der Waals surface area contributed by atoms with Gasteiger partial charge in [-0.15, -0.1) is 5.10 Å². The molecule has 33 heavy (non-hydrogen) atoms. The van der Waals surface area contributed by atoms with Crippen LogP contribution in [0.2, 0.25) is 0 Å². The number of rotatable bonds is 6. The predicted molar refractivity (Wildman–Crippen MR) is 126 cm³/mol. The Kier molecular flexibility index (Phi) is 5.59. The van der Waals surface area contributed by atoms with Crippen LogP contribution in [-0.4, -0.2) is 25.0 Å². The number of aromatic nitrogens is 5. The van der Waals surface area contributed by atoms with Crippen LogP contribution in [0.4, 0.5) is 10.3 Å². The smallest absolute Gasteiger partial charge is 0.223 e. The van der Waals surface area contributed by atoms with Crippen LogP contribution in [0.1, 0.15) is 18.5 Å². The molecule has 0 aliphatic carbocycles. The van der Waals surface area contributed by atoms with Crippen LogP contribution in [0.25, 0.3) is 28.3 Å². The van der Waals surface area contributed by atoms with Crippen LogP contribution in [0.5, 0.6) is 0 Å². The van der Waals surface area contributed by atoms with E-state index in [1.54, 1.807) is 23.0 Å². The predicted octanol–water partition coefficient (Wildman–Crippen LogP) is 5.70. The number of hydrogen-bond acceptors (Lipinski definition) is 5. The molecule has 5 rings (SSSR count). The topological polar surface area (TPSA) is 68.5 Å². The second kappa shape index (κ2) is 9.00. The molecule has 6 nitrogen and oxygen atoms in total. The highest BCUT2D eigenvalue weighted by molar-refractivity contribution is 5.77. The molecule has 0 aliphatic rings. The Morgan fingerprint density at radius 3 is 2.27 bits per heavy atom. The lowest BCUT2D eigenvalue weighted by Gasteiger charge is -2.15. The molecule has 0 radical (unpaired) electrons. The van der Waals surface area contributed by atoms with Crippen LogP contribution in [0.15, 0.2) is 97.2 Å². The summed E-state index contributed by atoms with van der Waals surface area (Å²) in [7, 11) is 0. The van der Waals surface area contributed by atoms with Gasteiger partial charge in [0, 0.05) is 11.8 Å². The molecule has 1 N–H and O–H groups in total. The minimum Gasteiger partial charge on any atom is -0.348 e. The van der Waals surface area contributed by atoms with Crippen molar-refractivity contribution in [3.05, 3.63) is 109 Å². The summed E-state index contributed by atoms with van der Waals surface area (Å²) in [4.78, 5) is 9.18. The van der Waals surface area contributed by atoms with E-state index in [1.807, 2.05) is 54.6 Å².